The van der Waals surface area contributed by atoms with Crippen molar-refractivity contribution in [2.75, 3.05) is 19.6 Å². The summed E-state index contributed by atoms with van der Waals surface area (Å²) in [5.41, 5.74) is 0. The Labute approximate surface area is 118 Å². The first-order valence-electron chi connectivity index (χ1n) is 7.29. The fourth-order valence-corrected chi connectivity index (χ4v) is 3.13. The summed E-state index contributed by atoms with van der Waals surface area (Å²) in [7, 11) is 0. The van der Waals surface area contributed by atoms with E-state index in [4.69, 9.17) is 0 Å². The molecule has 0 bridgehead atoms. The van der Waals surface area contributed by atoms with E-state index in [2.05, 4.69) is 0 Å². The highest BCUT2D eigenvalue weighted by Crippen LogP contribution is 2.25. The third kappa shape index (κ3) is 3.11. The number of hydrogen-bond donors (Lipinski definition) is 1. The minimum Gasteiger partial charge on any atom is -0.480 e. The molecular weight excluding hydrogens is 260 g/mol. The van der Waals surface area contributed by atoms with E-state index in [1.165, 1.54) is 6.92 Å². The van der Waals surface area contributed by atoms with Gasteiger partial charge < -0.3 is 14.9 Å². The number of nitrogens with zero attached hydrogens (tertiary/aromatic N) is 2. The van der Waals surface area contributed by atoms with Crippen LogP contribution in [0.3, 0.4) is 0 Å². The van der Waals surface area contributed by atoms with Crippen LogP contribution in [0.5, 0.6) is 0 Å². The number of carbonyl (C=O) groups excluding carboxylic acids is 2. The van der Waals surface area contributed by atoms with E-state index in [1.807, 2.05) is 0 Å². The Morgan fingerprint density at radius 3 is 2.20 bits per heavy atom. The van der Waals surface area contributed by atoms with E-state index in [0.29, 0.717) is 38.9 Å². The lowest BCUT2D eigenvalue weighted by molar-refractivity contribution is -0.155. The Morgan fingerprint density at radius 1 is 1.00 bits per heavy atom. The molecule has 6 heteroatoms. The van der Waals surface area contributed by atoms with Gasteiger partial charge in [-0.1, -0.05) is 0 Å². The molecule has 2 aliphatic heterocycles. The summed E-state index contributed by atoms with van der Waals surface area (Å²) < 4.78 is 0. The Balaban J connectivity index is 1.97. The lowest BCUT2D eigenvalue weighted by Gasteiger charge is -2.38. The van der Waals surface area contributed by atoms with Gasteiger partial charge in [-0.2, -0.15) is 0 Å². The molecule has 0 aromatic rings. The van der Waals surface area contributed by atoms with Crippen molar-refractivity contribution in [3.8, 4) is 0 Å². The van der Waals surface area contributed by atoms with Crippen LogP contribution in [0.4, 0.5) is 0 Å². The second-order valence-electron chi connectivity index (χ2n) is 5.66. The maximum absolute atomic E-state index is 12.5. The minimum absolute atomic E-state index is 0.0392. The van der Waals surface area contributed by atoms with Gasteiger partial charge in [0.15, 0.2) is 0 Å². The van der Waals surface area contributed by atoms with Gasteiger partial charge in [-0.05, 0) is 32.1 Å². The molecule has 2 saturated heterocycles. The molecule has 0 aromatic heterocycles. The molecule has 2 amide bonds. The van der Waals surface area contributed by atoms with Gasteiger partial charge in [-0.15, -0.1) is 0 Å². The Morgan fingerprint density at radius 2 is 1.65 bits per heavy atom. The first kappa shape index (κ1) is 14.8. The number of rotatable bonds is 2. The van der Waals surface area contributed by atoms with Gasteiger partial charge in [0, 0.05) is 32.5 Å². The van der Waals surface area contributed by atoms with E-state index in [-0.39, 0.29) is 17.7 Å². The Kier molecular flexibility index (Phi) is 4.62. The third-order valence-electron chi connectivity index (χ3n) is 4.36. The number of carbonyl (C=O) groups is 3. The smallest absolute Gasteiger partial charge is 0.326 e. The minimum atomic E-state index is -0.903. The maximum atomic E-state index is 12.5. The molecule has 2 fully saturated rings. The van der Waals surface area contributed by atoms with E-state index in [1.54, 1.807) is 9.80 Å². The fourth-order valence-electron chi connectivity index (χ4n) is 3.13. The summed E-state index contributed by atoms with van der Waals surface area (Å²) in [5, 5.41) is 9.22. The molecule has 2 rings (SSSR count). The molecule has 20 heavy (non-hydrogen) atoms. The van der Waals surface area contributed by atoms with Crippen molar-refractivity contribution in [2.24, 2.45) is 5.92 Å². The number of likely N-dealkylation sites (tertiary alicyclic amines) is 2. The molecule has 0 aliphatic carbocycles. The van der Waals surface area contributed by atoms with Crippen molar-refractivity contribution in [1.29, 1.82) is 0 Å². The summed E-state index contributed by atoms with van der Waals surface area (Å²) in [6.45, 7) is 3.27. The number of amides is 2. The van der Waals surface area contributed by atoms with E-state index >= 15 is 0 Å². The van der Waals surface area contributed by atoms with Crippen LogP contribution in [0.15, 0.2) is 0 Å². The van der Waals surface area contributed by atoms with E-state index < -0.39 is 12.0 Å². The highest BCUT2D eigenvalue weighted by molar-refractivity contribution is 5.85. The number of hydrogen-bond acceptors (Lipinski definition) is 3. The van der Waals surface area contributed by atoms with Gasteiger partial charge in [0.2, 0.25) is 11.8 Å². The third-order valence-corrected chi connectivity index (χ3v) is 4.36. The van der Waals surface area contributed by atoms with Crippen LogP contribution in [0.25, 0.3) is 0 Å². The lowest BCUT2D eigenvalue weighted by Crippen LogP contribution is -2.51. The van der Waals surface area contributed by atoms with Gasteiger partial charge in [-0.25, -0.2) is 4.79 Å². The number of piperidine rings is 2. The zero-order chi connectivity index (χ0) is 14.7. The number of aliphatic carboxylic acids is 1. The molecule has 2 aliphatic rings. The Bertz CT molecular complexity index is 402. The van der Waals surface area contributed by atoms with Crippen molar-refractivity contribution in [1.82, 2.24) is 9.80 Å². The van der Waals surface area contributed by atoms with Gasteiger partial charge in [0.05, 0.1) is 0 Å². The van der Waals surface area contributed by atoms with Crippen molar-refractivity contribution in [3.63, 3.8) is 0 Å². The zero-order valence-corrected chi connectivity index (χ0v) is 11.9. The van der Waals surface area contributed by atoms with Crippen LogP contribution in [0.1, 0.15) is 39.0 Å². The van der Waals surface area contributed by atoms with Gasteiger partial charge in [0.25, 0.3) is 0 Å². The molecule has 0 aromatic carbocycles. The maximum Gasteiger partial charge on any atom is 0.326 e. The van der Waals surface area contributed by atoms with Crippen LogP contribution < -0.4 is 0 Å². The fraction of sp³-hybridized carbons (Fsp3) is 0.786. The van der Waals surface area contributed by atoms with Crippen molar-refractivity contribution in [3.05, 3.63) is 0 Å². The largest absolute Gasteiger partial charge is 0.480 e. The molecule has 0 spiro atoms. The van der Waals surface area contributed by atoms with Crippen LogP contribution in [0.2, 0.25) is 0 Å². The molecule has 1 atom stereocenters. The van der Waals surface area contributed by atoms with Gasteiger partial charge >= 0.3 is 5.97 Å². The summed E-state index contributed by atoms with van der Waals surface area (Å²) >= 11 is 0. The molecule has 6 nitrogen and oxygen atoms in total. The second-order valence-corrected chi connectivity index (χ2v) is 5.66. The van der Waals surface area contributed by atoms with E-state index in [9.17, 15) is 19.5 Å². The molecule has 1 N–H and O–H groups in total. The number of carboxylic acid groups (broad SMARTS) is 1. The predicted octanol–water partition coefficient (Wildman–Crippen LogP) is 0.711. The van der Waals surface area contributed by atoms with E-state index in [0.717, 1.165) is 12.8 Å². The molecule has 0 saturated carbocycles. The molecular formula is C14H22N2O4. The average Bonchev–Trinajstić information content (AvgIpc) is 2.46. The predicted molar refractivity (Wildman–Crippen MR) is 72.0 cm³/mol. The second kappa shape index (κ2) is 6.24. The summed E-state index contributed by atoms with van der Waals surface area (Å²) in [5.74, 6) is -1.04. The van der Waals surface area contributed by atoms with Gasteiger partial charge in [-0.3, -0.25) is 9.59 Å². The molecule has 0 radical (unpaired) electrons. The summed E-state index contributed by atoms with van der Waals surface area (Å²) in [4.78, 5) is 38.3. The summed E-state index contributed by atoms with van der Waals surface area (Å²) in [6, 6.07) is -0.665. The lowest BCUT2D eigenvalue weighted by atomic mass is 9.92. The first-order chi connectivity index (χ1) is 9.50. The molecule has 112 valence electrons. The molecule has 0 unspecified atom stereocenters. The molecule has 2 heterocycles. The first-order valence-corrected chi connectivity index (χ1v) is 7.29. The standard InChI is InChI=1S/C14H22N2O4/c1-10(17)15-8-5-11(6-9-15)13(18)16-7-3-2-4-12(16)14(19)20/h11-12H,2-9H2,1H3,(H,19,20)/t12-/m1/s1. The van der Waals surface area contributed by atoms with Crippen molar-refractivity contribution < 1.29 is 19.5 Å². The van der Waals surface area contributed by atoms with Crippen LogP contribution in [0, 0.1) is 5.92 Å². The zero-order valence-electron chi connectivity index (χ0n) is 11.9. The van der Waals surface area contributed by atoms with Crippen LogP contribution >= 0.6 is 0 Å². The quantitative estimate of drug-likeness (QED) is 0.809. The normalized spacial score (nSPS) is 24.6. The number of carboxylic acids is 1. The SMILES string of the molecule is CC(=O)N1CCC(C(=O)N2CCCC[C@@H]2C(=O)O)CC1. The monoisotopic (exact) mass is 282 g/mol. The van der Waals surface area contributed by atoms with Crippen LogP contribution in [-0.2, 0) is 14.4 Å². The highest BCUT2D eigenvalue weighted by atomic mass is 16.4. The van der Waals surface area contributed by atoms with Crippen molar-refractivity contribution in [2.45, 2.75) is 45.1 Å². The van der Waals surface area contributed by atoms with Crippen LogP contribution in [-0.4, -0.2) is 58.4 Å². The van der Waals surface area contributed by atoms with Gasteiger partial charge in [0.1, 0.15) is 6.04 Å². The Hall–Kier alpha value is -1.59. The topological polar surface area (TPSA) is 77.9 Å². The van der Waals surface area contributed by atoms with Crippen molar-refractivity contribution >= 4 is 17.8 Å². The summed E-state index contributed by atoms with van der Waals surface area (Å²) in [6.07, 6.45) is 3.57. The average molecular weight is 282 g/mol. The highest BCUT2D eigenvalue weighted by Gasteiger charge is 2.36.